The van der Waals surface area contributed by atoms with E-state index in [-0.39, 0.29) is 4.90 Å². The Morgan fingerprint density at radius 3 is 2.56 bits per heavy atom. The van der Waals surface area contributed by atoms with E-state index in [1.165, 1.54) is 18.6 Å². The molecule has 1 saturated heterocycles. The molecule has 0 aromatic heterocycles. The molecule has 1 aliphatic rings. The van der Waals surface area contributed by atoms with Gasteiger partial charge in [-0.05, 0) is 55.7 Å². The molecule has 0 saturated carbocycles. The van der Waals surface area contributed by atoms with Crippen molar-refractivity contribution >= 4 is 33.0 Å². The van der Waals surface area contributed by atoms with Crippen molar-refractivity contribution in [2.75, 3.05) is 22.7 Å². The molecule has 0 aliphatic carbocycles. The number of nitrogens with one attached hydrogen (secondary N) is 1. The van der Waals surface area contributed by atoms with Crippen molar-refractivity contribution in [3.8, 4) is 6.07 Å². The summed E-state index contributed by atoms with van der Waals surface area (Å²) in [6.07, 6.45) is 3.35. The third kappa shape index (κ3) is 4.06. The number of hydrogen-bond donors (Lipinski definition) is 1. The van der Waals surface area contributed by atoms with Crippen LogP contribution < -0.4 is 9.62 Å². The van der Waals surface area contributed by atoms with E-state index in [0.29, 0.717) is 16.3 Å². The van der Waals surface area contributed by atoms with Gasteiger partial charge in [0.15, 0.2) is 0 Å². The lowest BCUT2D eigenvalue weighted by molar-refractivity contribution is 0.578. The Balaban J connectivity index is 1.96. The molecule has 2 aromatic carbocycles. The first-order valence-electron chi connectivity index (χ1n) is 8.07. The smallest absolute Gasteiger partial charge is 0.262 e. The molecule has 0 radical (unpaired) electrons. The van der Waals surface area contributed by atoms with Gasteiger partial charge in [0.1, 0.15) is 0 Å². The van der Waals surface area contributed by atoms with Gasteiger partial charge in [-0.3, -0.25) is 4.72 Å². The van der Waals surface area contributed by atoms with E-state index in [4.69, 9.17) is 16.9 Å². The van der Waals surface area contributed by atoms with E-state index < -0.39 is 10.0 Å². The van der Waals surface area contributed by atoms with Gasteiger partial charge in [-0.1, -0.05) is 17.7 Å². The Morgan fingerprint density at radius 1 is 1.08 bits per heavy atom. The van der Waals surface area contributed by atoms with Crippen molar-refractivity contribution in [3.63, 3.8) is 0 Å². The quantitative estimate of drug-likeness (QED) is 0.876. The van der Waals surface area contributed by atoms with E-state index in [2.05, 4.69) is 9.62 Å². The standard InChI is InChI=1S/C18H18ClN3O2S/c19-15-7-8-18(22-9-2-1-3-10-22)17(12-15)21-25(23,24)16-6-4-5-14(11-16)13-20/h4-8,11-12,21H,1-3,9-10H2. The third-order valence-electron chi connectivity index (χ3n) is 4.17. The van der Waals surface area contributed by atoms with Crippen molar-refractivity contribution < 1.29 is 8.42 Å². The van der Waals surface area contributed by atoms with Crippen LogP contribution in [-0.4, -0.2) is 21.5 Å². The lowest BCUT2D eigenvalue weighted by atomic mass is 10.1. The minimum absolute atomic E-state index is 0.0520. The van der Waals surface area contributed by atoms with E-state index in [0.717, 1.165) is 31.6 Å². The second kappa shape index (κ2) is 7.34. The minimum Gasteiger partial charge on any atom is -0.370 e. The highest BCUT2D eigenvalue weighted by Crippen LogP contribution is 2.32. The zero-order chi connectivity index (χ0) is 17.9. The lowest BCUT2D eigenvalue weighted by Crippen LogP contribution is -2.30. The van der Waals surface area contributed by atoms with Crippen LogP contribution in [0.3, 0.4) is 0 Å². The topological polar surface area (TPSA) is 73.2 Å². The van der Waals surface area contributed by atoms with Gasteiger partial charge in [-0.25, -0.2) is 8.42 Å². The predicted molar refractivity (Wildman–Crippen MR) is 99.5 cm³/mol. The number of rotatable bonds is 4. The summed E-state index contributed by atoms with van der Waals surface area (Å²) >= 11 is 6.08. The monoisotopic (exact) mass is 375 g/mol. The summed E-state index contributed by atoms with van der Waals surface area (Å²) in [5, 5.41) is 9.44. The van der Waals surface area contributed by atoms with Crippen LogP contribution in [0, 0.1) is 11.3 Å². The number of benzene rings is 2. The first kappa shape index (κ1) is 17.6. The van der Waals surface area contributed by atoms with Crippen LogP contribution in [0.25, 0.3) is 0 Å². The molecular formula is C18H18ClN3O2S. The highest BCUT2D eigenvalue weighted by molar-refractivity contribution is 7.92. The summed E-state index contributed by atoms with van der Waals surface area (Å²) in [5.41, 5.74) is 1.58. The molecular weight excluding hydrogens is 358 g/mol. The molecule has 1 fully saturated rings. The first-order valence-corrected chi connectivity index (χ1v) is 9.93. The Labute approximate surface area is 152 Å². The van der Waals surface area contributed by atoms with Crippen LogP contribution >= 0.6 is 11.6 Å². The van der Waals surface area contributed by atoms with Crippen LogP contribution in [0.2, 0.25) is 5.02 Å². The average molecular weight is 376 g/mol. The molecule has 1 N–H and O–H groups in total. The van der Waals surface area contributed by atoms with Gasteiger partial charge in [0, 0.05) is 18.1 Å². The maximum atomic E-state index is 12.7. The first-order chi connectivity index (χ1) is 12.0. The van der Waals surface area contributed by atoms with Crippen LogP contribution in [0.15, 0.2) is 47.4 Å². The summed E-state index contributed by atoms with van der Waals surface area (Å²) in [5.74, 6) is 0. The van der Waals surface area contributed by atoms with Crippen molar-refractivity contribution in [1.82, 2.24) is 0 Å². The van der Waals surface area contributed by atoms with Crippen molar-refractivity contribution in [1.29, 1.82) is 5.26 Å². The van der Waals surface area contributed by atoms with E-state index in [1.807, 2.05) is 12.1 Å². The lowest BCUT2D eigenvalue weighted by Gasteiger charge is -2.30. The number of halogens is 1. The van der Waals surface area contributed by atoms with Gasteiger partial charge in [-0.15, -0.1) is 0 Å². The molecule has 0 atom stereocenters. The summed E-state index contributed by atoms with van der Waals surface area (Å²) in [7, 11) is -3.81. The molecule has 0 bridgehead atoms. The number of piperidine rings is 1. The van der Waals surface area contributed by atoms with Gasteiger partial charge in [-0.2, -0.15) is 5.26 Å². The maximum absolute atomic E-state index is 12.7. The number of hydrogen-bond acceptors (Lipinski definition) is 4. The fourth-order valence-electron chi connectivity index (χ4n) is 2.94. The van der Waals surface area contributed by atoms with Gasteiger partial charge >= 0.3 is 0 Å². The number of nitrogens with zero attached hydrogens (tertiary/aromatic N) is 2. The van der Waals surface area contributed by atoms with Gasteiger partial charge in [0.05, 0.1) is 27.9 Å². The third-order valence-corrected chi connectivity index (χ3v) is 5.77. The second-order valence-corrected chi connectivity index (χ2v) is 8.07. The predicted octanol–water partition coefficient (Wildman–Crippen LogP) is 4.00. The van der Waals surface area contributed by atoms with E-state index in [1.54, 1.807) is 24.3 Å². The highest BCUT2D eigenvalue weighted by atomic mass is 35.5. The summed E-state index contributed by atoms with van der Waals surface area (Å²) in [4.78, 5) is 2.22. The van der Waals surface area contributed by atoms with Crippen molar-refractivity contribution in [3.05, 3.63) is 53.1 Å². The molecule has 0 unspecified atom stereocenters. The summed E-state index contributed by atoms with van der Waals surface area (Å²) in [6, 6.07) is 13.1. The van der Waals surface area contributed by atoms with E-state index >= 15 is 0 Å². The Bertz CT molecular complexity index is 916. The molecule has 0 spiro atoms. The zero-order valence-electron chi connectivity index (χ0n) is 13.6. The van der Waals surface area contributed by atoms with Crippen LogP contribution in [0.4, 0.5) is 11.4 Å². The van der Waals surface area contributed by atoms with Crippen molar-refractivity contribution in [2.45, 2.75) is 24.2 Å². The molecule has 1 aliphatic heterocycles. The number of nitriles is 1. The Hall–Kier alpha value is -2.23. The Kier molecular flexibility index (Phi) is 5.16. The molecule has 3 rings (SSSR count). The van der Waals surface area contributed by atoms with Crippen molar-refractivity contribution in [2.24, 2.45) is 0 Å². The highest BCUT2D eigenvalue weighted by Gasteiger charge is 2.20. The SMILES string of the molecule is N#Cc1cccc(S(=O)(=O)Nc2cc(Cl)ccc2N2CCCCC2)c1. The van der Waals surface area contributed by atoms with Gasteiger partial charge < -0.3 is 4.90 Å². The van der Waals surface area contributed by atoms with E-state index in [9.17, 15) is 8.42 Å². The minimum atomic E-state index is -3.81. The molecule has 0 amide bonds. The molecule has 5 nitrogen and oxygen atoms in total. The molecule has 2 aromatic rings. The normalized spacial score (nSPS) is 14.8. The molecule has 130 valence electrons. The Morgan fingerprint density at radius 2 is 1.84 bits per heavy atom. The number of anilines is 2. The number of sulfonamides is 1. The maximum Gasteiger partial charge on any atom is 0.262 e. The van der Waals surface area contributed by atoms with Crippen LogP contribution in [0.5, 0.6) is 0 Å². The largest absolute Gasteiger partial charge is 0.370 e. The average Bonchev–Trinajstić information content (AvgIpc) is 2.62. The zero-order valence-corrected chi connectivity index (χ0v) is 15.1. The van der Waals surface area contributed by atoms with Gasteiger partial charge in [0.25, 0.3) is 10.0 Å². The summed E-state index contributed by atoms with van der Waals surface area (Å²) < 4.78 is 28.1. The van der Waals surface area contributed by atoms with Crippen LogP contribution in [0.1, 0.15) is 24.8 Å². The molecule has 1 heterocycles. The fraction of sp³-hybridized carbons (Fsp3) is 0.278. The van der Waals surface area contributed by atoms with Gasteiger partial charge in [0.2, 0.25) is 0 Å². The fourth-order valence-corrected chi connectivity index (χ4v) is 4.22. The second-order valence-electron chi connectivity index (χ2n) is 5.95. The molecule has 25 heavy (non-hydrogen) atoms. The van der Waals surface area contributed by atoms with Crippen LogP contribution in [-0.2, 0) is 10.0 Å². The molecule has 7 heteroatoms. The summed E-state index contributed by atoms with van der Waals surface area (Å²) in [6.45, 7) is 1.78.